The van der Waals surface area contributed by atoms with Gasteiger partial charge in [0.1, 0.15) is 0 Å². The van der Waals surface area contributed by atoms with Crippen LogP contribution < -0.4 is 5.32 Å². The number of hydrogen-bond donors (Lipinski definition) is 1. The summed E-state index contributed by atoms with van der Waals surface area (Å²) in [5.41, 5.74) is 3.75. The van der Waals surface area contributed by atoms with E-state index in [9.17, 15) is 4.79 Å². The van der Waals surface area contributed by atoms with Crippen LogP contribution in [-0.4, -0.2) is 26.7 Å². The zero-order valence-electron chi connectivity index (χ0n) is 16.6. The highest BCUT2D eigenvalue weighted by Gasteiger charge is 2.24. The van der Waals surface area contributed by atoms with Crippen LogP contribution in [0.1, 0.15) is 72.8 Å². The summed E-state index contributed by atoms with van der Waals surface area (Å²) in [5, 5.41) is 8.40. The number of aromatic nitrogens is 3. The Labute approximate surface area is 166 Å². The molecule has 1 aliphatic rings. The summed E-state index contributed by atoms with van der Waals surface area (Å²) < 4.78 is 2.11. The topological polar surface area (TPSA) is 59.8 Å². The second kappa shape index (κ2) is 8.42. The summed E-state index contributed by atoms with van der Waals surface area (Å²) in [7, 11) is 0. The molecule has 0 radical (unpaired) electrons. The molecule has 1 amide bonds. The fourth-order valence-corrected chi connectivity index (χ4v) is 4.11. The van der Waals surface area contributed by atoms with E-state index in [2.05, 4.69) is 42.0 Å². The first-order valence-electron chi connectivity index (χ1n) is 9.80. The van der Waals surface area contributed by atoms with E-state index >= 15 is 0 Å². The molecular weight excluding hydrogens is 360 g/mol. The van der Waals surface area contributed by atoms with Crippen molar-refractivity contribution in [3.05, 3.63) is 46.0 Å². The van der Waals surface area contributed by atoms with Crippen LogP contribution in [0.15, 0.2) is 18.5 Å². The van der Waals surface area contributed by atoms with E-state index in [1.54, 1.807) is 12.3 Å². The third-order valence-electron chi connectivity index (χ3n) is 5.46. The fraction of sp³-hybridized carbons (Fsp3) is 0.571. The molecule has 0 saturated heterocycles. The summed E-state index contributed by atoms with van der Waals surface area (Å²) in [4.78, 5) is 16.7. The quantitative estimate of drug-likeness (QED) is 0.810. The number of carbonyl (C=O) groups excluding carboxylic acids is 1. The van der Waals surface area contributed by atoms with Crippen LogP contribution in [0.2, 0.25) is 5.02 Å². The molecular formula is C21H29ClN4O. The van der Waals surface area contributed by atoms with Crippen molar-refractivity contribution in [1.29, 1.82) is 0 Å². The van der Waals surface area contributed by atoms with Crippen molar-refractivity contribution < 1.29 is 4.79 Å². The molecule has 1 saturated carbocycles. The predicted molar refractivity (Wildman–Crippen MR) is 108 cm³/mol. The molecule has 3 rings (SSSR count). The number of rotatable bonds is 5. The first-order valence-corrected chi connectivity index (χ1v) is 10.2. The number of pyridine rings is 1. The normalized spacial score (nSPS) is 20.1. The second-order valence-electron chi connectivity index (χ2n) is 8.05. The number of nitrogens with one attached hydrogen (secondary N) is 1. The van der Waals surface area contributed by atoms with Crippen LogP contribution in [0.4, 0.5) is 0 Å². The van der Waals surface area contributed by atoms with E-state index in [4.69, 9.17) is 16.7 Å². The Kier molecular flexibility index (Phi) is 6.20. The zero-order chi connectivity index (χ0) is 19.6. The molecule has 146 valence electrons. The molecule has 27 heavy (non-hydrogen) atoms. The van der Waals surface area contributed by atoms with Crippen molar-refractivity contribution >= 4 is 17.5 Å². The van der Waals surface area contributed by atoms with E-state index in [0.29, 0.717) is 28.1 Å². The Morgan fingerprint density at radius 2 is 2.00 bits per heavy atom. The average molecular weight is 389 g/mol. The van der Waals surface area contributed by atoms with Crippen molar-refractivity contribution in [1.82, 2.24) is 20.1 Å². The van der Waals surface area contributed by atoms with Crippen molar-refractivity contribution in [3.63, 3.8) is 0 Å². The van der Waals surface area contributed by atoms with Crippen molar-refractivity contribution in [3.8, 4) is 0 Å². The number of nitrogens with zero attached hydrogens (tertiary/aromatic N) is 3. The number of halogens is 1. The molecule has 1 aliphatic carbocycles. The Morgan fingerprint density at radius 1 is 1.30 bits per heavy atom. The van der Waals surface area contributed by atoms with Gasteiger partial charge >= 0.3 is 0 Å². The van der Waals surface area contributed by atoms with Gasteiger partial charge in [0.2, 0.25) is 0 Å². The molecule has 2 aromatic rings. The summed E-state index contributed by atoms with van der Waals surface area (Å²) in [5.74, 6) is 1.00. The van der Waals surface area contributed by atoms with Crippen molar-refractivity contribution in [2.24, 2.45) is 5.92 Å². The van der Waals surface area contributed by atoms with Gasteiger partial charge in [0, 0.05) is 25.0 Å². The minimum absolute atomic E-state index is 0.0739. The Balaban J connectivity index is 1.52. The Morgan fingerprint density at radius 3 is 2.63 bits per heavy atom. The summed E-state index contributed by atoms with van der Waals surface area (Å²) in [6.45, 7) is 9.30. The van der Waals surface area contributed by atoms with Crippen LogP contribution in [0.25, 0.3) is 0 Å². The van der Waals surface area contributed by atoms with Crippen LogP contribution in [0.5, 0.6) is 0 Å². The molecule has 0 aromatic carbocycles. The maximum atomic E-state index is 12.5. The SMILES string of the molecule is Cc1cn(C[C@H]2CC[C@H](NC(=O)c3cc(Cl)cnc3C)CC2)nc1C(C)C. The third kappa shape index (κ3) is 4.89. The predicted octanol–water partition coefficient (Wildman–Crippen LogP) is 4.66. The van der Waals surface area contributed by atoms with E-state index < -0.39 is 0 Å². The highest BCUT2D eigenvalue weighted by molar-refractivity contribution is 6.30. The smallest absolute Gasteiger partial charge is 0.253 e. The summed E-state index contributed by atoms with van der Waals surface area (Å²) in [6, 6.07) is 1.91. The molecule has 0 aliphatic heterocycles. The highest BCUT2D eigenvalue weighted by Crippen LogP contribution is 2.27. The van der Waals surface area contributed by atoms with Gasteiger partial charge in [0.15, 0.2) is 0 Å². The fourth-order valence-electron chi connectivity index (χ4n) is 3.95. The van der Waals surface area contributed by atoms with E-state index in [0.717, 1.165) is 32.2 Å². The lowest BCUT2D eigenvalue weighted by Crippen LogP contribution is -2.38. The van der Waals surface area contributed by atoms with Gasteiger partial charge in [-0.2, -0.15) is 5.10 Å². The average Bonchev–Trinajstić information content (AvgIpc) is 2.99. The third-order valence-corrected chi connectivity index (χ3v) is 5.66. The minimum atomic E-state index is -0.0739. The molecule has 2 aromatic heterocycles. The molecule has 0 spiro atoms. The Bertz CT molecular complexity index is 807. The van der Waals surface area contributed by atoms with Gasteiger partial charge in [-0.1, -0.05) is 25.4 Å². The van der Waals surface area contributed by atoms with Crippen LogP contribution in [-0.2, 0) is 6.54 Å². The molecule has 0 unspecified atom stereocenters. The molecule has 1 N–H and O–H groups in total. The van der Waals surface area contributed by atoms with Gasteiger partial charge in [-0.15, -0.1) is 0 Å². The number of amides is 1. The largest absolute Gasteiger partial charge is 0.349 e. The monoisotopic (exact) mass is 388 g/mol. The molecule has 0 bridgehead atoms. The number of carbonyl (C=O) groups is 1. The highest BCUT2D eigenvalue weighted by atomic mass is 35.5. The molecule has 0 atom stereocenters. The summed E-state index contributed by atoms with van der Waals surface area (Å²) >= 11 is 5.98. The minimum Gasteiger partial charge on any atom is -0.349 e. The van der Waals surface area contributed by atoms with Crippen LogP contribution >= 0.6 is 11.6 Å². The molecule has 6 heteroatoms. The molecule has 5 nitrogen and oxygen atoms in total. The van der Waals surface area contributed by atoms with Gasteiger partial charge in [-0.3, -0.25) is 14.5 Å². The van der Waals surface area contributed by atoms with Gasteiger partial charge in [-0.05, 0) is 63.0 Å². The lowest BCUT2D eigenvalue weighted by Gasteiger charge is -2.29. The van der Waals surface area contributed by atoms with Gasteiger partial charge in [0.25, 0.3) is 5.91 Å². The first kappa shape index (κ1) is 19.9. The van der Waals surface area contributed by atoms with E-state index in [1.165, 1.54) is 11.3 Å². The molecule has 1 fully saturated rings. The first-order chi connectivity index (χ1) is 12.8. The maximum Gasteiger partial charge on any atom is 0.253 e. The van der Waals surface area contributed by atoms with Crippen molar-refractivity contribution in [2.75, 3.05) is 0 Å². The van der Waals surface area contributed by atoms with Gasteiger partial charge < -0.3 is 5.32 Å². The number of hydrogen-bond acceptors (Lipinski definition) is 3. The summed E-state index contributed by atoms with van der Waals surface area (Å²) in [6.07, 6.45) is 7.95. The van der Waals surface area contributed by atoms with E-state index in [-0.39, 0.29) is 11.9 Å². The van der Waals surface area contributed by atoms with Crippen molar-refractivity contribution in [2.45, 2.75) is 71.9 Å². The van der Waals surface area contributed by atoms with Crippen LogP contribution in [0, 0.1) is 19.8 Å². The molecule has 2 heterocycles. The Hall–Kier alpha value is -1.88. The van der Waals surface area contributed by atoms with E-state index in [1.807, 2.05) is 6.92 Å². The van der Waals surface area contributed by atoms with Gasteiger partial charge in [-0.25, -0.2) is 0 Å². The van der Waals surface area contributed by atoms with Gasteiger partial charge in [0.05, 0.1) is 22.0 Å². The lowest BCUT2D eigenvalue weighted by atomic mass is 9.86. The zero-order valence-corrected chi connectivity index (χ0v) is 17.4. The lowest BCUT2D eigenvalue weighted by molar-refractivity contribution is 0.0919. The maximum absolute atomic E-state index is 12.5. The number of aryl methyl sites for hydroxylation is 2. The standard InChI is InChI=1S/C21H29ClN4O/c1-13(2)20-14(3)11-26(25-20)12-16-5-7-18(8-6-16)24-21(27)19-9-17(22)10-23-15(19)4/h9-11,13,16,18H,5-8,12H2,1-4H3,(H,24,27)/t16-,18-. The second-order valence-corrected chi connectivity index (χ2v) is 8.49. The van der Waals surface area contributed by atoms with Crippen LogP contribution in [0.3, 0.4) is 0 Å².